The van der Waals surface area contributed by atoms with E-state index < -0.39 is 5.41 Å². The number of ether oxygens (including phenoxy) is 2. The van der Waals surface area contributed by atoms with Crippen molar-refractivity contribution in [2.75, 3.05) is 13.7 Å². The van der Waals surface area contributed by atoms with Crippen LogP contribution in [0.3, 0.4) is 0 Å². The van der Waals surface area contributed by atoms with Crippen LogP contribution >= 0.6 is 0 Å². The number of hydrogen-bond donors (Lipinski definition) is 1. The highest BCUT2D eigenvalue weighted by molar-refractivity contribution is 5.80. The maximum absolute atomic E-state index is 12.0. The third-order valence-electron chi connectivity index (χ3n) is 6.77. The minimum atomic E-state index is -0.504. The molecule has 1 amide bonds. The summed E-state index contributed by atoms with van der Waals surface area (Å²) in [6, 6.07) is 10.0. The van der Waals surface area contributed by atoms with E-state index in [2.05, 4.69) is 0 Å². The van der Waals surface area contributed by atoms with Gasteiger partial charge >= 0.3 is 0 Å². The average molecular weight is 404 g/mol. The predicted octanol–water partition coefficient (Wildman–Crippen LogP) is 5.07. The second kappa shape index (κ2) is 9.94. The monoisotopic (exact) mass is 403 g/mol. The van der Waals surface area contributed by atoms with Gasteiger partial charge in [0.25, 0.3) is 5.91 Å². The summed E-state index contributed by atoms with van der Waals surface area (Å²) in [7, 11) is 1.40. The molecule has 2 bridgehead atoms. The lowest BCUT2D eigenvalue weighted by molar-refractivity contribution is -0.169. The van der Waals surface area contributed by atoms with Crippen molar-refractivity contribution in [2.24, 2.45) is 17.3 Å². The van der Waals surface area contributed by atoms with Gasteiger partial charge < -0.3 is 9.47 Å². The molecule has 0 saturated carbocycles. The lowest BCUT2D eigenvalue weighted by atomic mass is 9.75. The Morgan fingerprint density at radius 2 is 1.76 bits per heavy atom. The Bertz CT molecular complexity index is 646. The number of carbonyl (C=O) groups is 1. The van der Waals surface area contributed by atoms with Gasteiger partial charge in [0.1, 0.15) is 5.75 Å². The Morgan fingerprint density at radius 3 is 2.41 bits per heavy atom. The molecular weight excluding hydrogens is 366 g/mol. The minimum Gasteiger partial charge on any atom is -0.494 e. The van der Waals surface area contributed by atoms with Crippen molar-refractivity contribution in [2.45, 2.75) is 77.4 Å². The van der Waals surface area contributed by atoms with Gasteiger partial charge in [-0.3, -0.25) is 10.0 Å². The van der Waals surface area contributed by atoms with E-state index in [1.807, 2.05) is 44.2 Å². The Morgan fingerprint density at radius 1 is 1.10 bits per heavy atom. The second-order valence-corrected chi connectivity index (χ2v) is 9.38. The molecular formula is C24H37NO4. The zero-order valence-electron chi connectivity index (χ0n) is 18.2. The van der Waals surface area contributed by atoms with Crippen molar-refractivity contribution in [3.8, 4) is 5.75 Å². The molecule has 2 saturated heterocycles. The van der Waals surface area contributed by atoms with E-state index in [4.69, 9.17) is 9.47 Å². The molecule has 1 N–H and O–H groups in total. The molecule has 1 aromatic rings. The van der Waals surface area contributed by atoms with Crippen LogP contribution in [0.1, 0.15) is 65.2 Å². The first kappa shape index (κ1) is 22.1. The maximum Gasteiger partial charge on any atom is 0.251 e. The molecule has 2 heterocycles. The number of rotatable bonds is 11. The predicted molar refractivity (Wildman–Crippen MR) is 113 cm³/mol. The van der Waals surface area contributed by atoms with Gasteiger partial charge in [0.15, 0.2) is 0 Å². The molecule has 2 aliphatic heterocycles. The molecule has 2 fully saturated rings. The molecule has 0 spiro atoms. The van der Waals surface area contributed by atoms with Crippen LogP contribution in [0.2, 0.25) is 0 Å². The van der Waals surface area contributed by atoms with Crippen LogP contribution in [0.25, 0.3) is 0 Å². The van der Waals surface area contributed by atoms with Crippen molar-refractivity contribution in [3.05, 3.63) is 30.3 Å². The van der Waals surface area contributed by atoms with E-state index in [1.165, 1.54) is 32.7 Å². The summed E-state index contributed by atoms with van der Waals surface area (Å²) >= 11 is 0. The van der Waals surface area contributed by atoms with Crippen LogP contribution in [-0.4, -0.2) is 42.0 Å². The second-order valence-electron chi connectivity index (χ2n) is 9.38. The van der Waals surface area contributed by atoms with Crippen LogP contribution in [0.4, 0.5) is 0 Å². The van der Waals surface area contributed by atoms with Gasteiger partial charge in [-0.1, -0.05) is 51.3 Å². The van der Waals surface area contributed by atoms with Gasteiger partial charge in [-0.05, 0) is 56.1 Å². The molecule has 0 aliphatic carbocycles. The Labute approximate surface area is 175 Å². The molecule has 5 nitrogen and oxygen atoms in total. The quantitative estimate of drug-likeness (QED) is 0.318. The summed E-state index contributed by atoms with van der Waals surface area (Å²) < 4.78 is 12.2. The number of unbranched alkanes of at least 4 members (excludes halogenated alkanes) is 2. The molecule has 3 rings (SSSR count). The summed E-state index contributed by atoms with van der Waals surface area (Å²) in [4.78, 5) is 12.0. The van der Waals surface area contributed by atoms with E-state index in [0.29, 0.717) is 29.1 Å². The first-order valence-corrected chi connectivity index (χ1v) is 11.2. The molecule has 0 radical (unpaired) electrons. The standard InChI is InChI=1S/C24H37NO4/c1-24(2,23(26)25(3)27)16-9-5-8-12-19-20(22-14-13-21(19)29-22)15-17-28-18-10-6-4-7-11-18/h4,6-7,10-11,19-22,27H,5,8-9,12-17H2,1-3H3. The lowest BCUT2D eigenvalue weighted by Gasteiger charge is -2.28. The summed E-state index contributed by atoms with van der Waals surface area (Å²) in [6.45, 7) is 4.58. The van der Waals surface area contributed by atoms with Gasteiger partial charge in [-0.25, -0.2) is 5.06 Å². The van der Waals surface area contributed by atoms with Gasteiger partial charge in [-0.2, -0.15) is 0 Å². The van der Waals surface area contributed by atoms with E-state index in [1.54, 1.807) is 0 Å². The van der Waals surface area contributed by atoms with Crippen LogP contribution in [0, 0.1) is 17.3 Å². The smallest absolute Gasteiger partial charge is 0.251 e. The summed E-state index contributed by atoms with van der Waals surface area (Å²) in [6.07, 6.45) is 9.62. The first-order chi connectivity index (χ1) is 13.9. The highest BCUT2D eigenvalue weighted by Gasteiger charge is 2.47. The van der Waals surface area contributed by atoms with Gasteiger partial charge in [0.2, 0.25) is 0 Å². The fraction of sp³-hybridized carbons (Fsp3) is 0.708. The highest BCUT2D eigenvalue weighted by atomic mass is 16.5. The van der Waals surface area contributed by atoms with Crippen LogP contribution in [0.15, 0.2) is 30.3 Å². The van der Waals surface area contributed by atoms with Gasteiger partial charge in [-0.15, -0.1) is 0 Å². The Kier molecular flexibility index (Phi) is 7.58. The number of fused-ring (bicyclic) bond motifs is 2. The van der Waals surface area contributed by atoms with Crippen LogP contribution < -0.4 is 4.74 Å². The molecule has 29 heavy (non-hydrogen) atoms. The van der Waals surface area contributed by atoms with Gasteiger partial charge in [0, 0.05) is 12.5 Å². The van der Waals surface area contributed by atoms with Crippen LogP contribution in [-0.2, 0) is 9.53 Å². The number of benzene rings is 1. The topological polar surface area (TPSA) is 59.0 Å². The van der Waals surface area contributed by atoms with Gasteiger partial charge in [0.05, 0.1) is 18.8 Å². The molecule has 1 aromatic carbocycles. The zero-order valence-corrected chi connectivity index (χ0v) is 18.2. The third kappa shape index (κ3) is 5.73. The molecule has 5 heteroatoms. The number of hydroxylamine groups is 2. The normalized spacial score (nSPS) is 25.9. The van der Waals surface area contributed by atoms with Crippen molar-refractivity contribution >= 4 is 5.91 Å². The molecule has 0 aromatic heterocycles. The minimum absolute atomic E-state index is 0.211. The average Bonchev–Trinajstić information content (AvgIpc) is 3.30. The zero-order chi connectivity index (χ0) is 20.9. The number of amides is 1. The lowest BCUT2D eigenvalue weighted by Crippen LogP contribution is -2.36. The molecule has 4 unspecified atom stereocenters. The number of para-hydroxylation sites is 1. The maximum atomic E-state index is 12.0. The fourth-order valence-corrected chi connectivity index (χ4v) is 5.17. The molecule has 2 aliphatic rings. The van der Waals surface area contributed by atoms with E-state index >= 15 is 0 Å². The fourth-order valence-electron chi connectivity index (χ4n) is 5.17. The number of carbonyl (C=O) groups excluding carboxylic acids is 1. The van der Waals surface area contributed by atoms with Crippen molar-refractivity contribution in [1.82, 2.24) is 5.06 Å². The highest BCUT2D eigenvalue weighted by Crippen LogP contribution is 2.47. The van der Waals surface area contributed by atoms with E-state index in [-0.39, 0.29) is 5.91 Å². The molecule has 4 atom stereocenters. The SMILES string of the molecule is CN(O)C(=O)C(C)(C)CCCCCC1C2CCC(O2)C1CCOc1ccccc1. The first-order valence-electron chi connectivity index (χ1n) is 11.2. The van der Waals surface area contributed by atoms with Crippen molar-refractivity contribution in [1.29, 1.82) is 0 Å². The Balaban J connectivity index is 1.39. The third-order valence-corrected chi connectivity index (χ3v) is 6.77. The summed E-state index contributed by atoms with van der Waals surface area (Å²) in [5, 5.41) is 10.1. The largest absolute Gasteiger partial charge is 0.494 e. The summed E-state index contributed by atoms with van der Waals surface area (Å²) in [5.41, 5.74) is -0.504. The van der Waals surface area contributed by atoms with E-state index in [9.17, 15) is 10.0 Å². The van der Waals surface area contributed by atoms with Crippen molar-refractivity contribution in [3.63, 3.8) is 0 Å². The Hall–Kier alpha value is -1.59. The van der Waals surface area contributed by atoms with E-state index in [0.717, 1.165) is 38.0 Å². The molecule has 162 valence electrons. The summed E-state index contributed by atoms with van der Waals surface area (Å²) in [5.74, 6) is 1.99. The van der Waals surface area contributed by atoms with Crippen LogP contribution in [0.5, 0.6) is 5.75 Å². The van der Waals surface area contributed by atoms with Crippen molar-refractivity contribution < 1.29 is 19.5 Å². The number of nitrogens with zero attached hydrogens (tertiary/aromatic N) is 1. The number of hydrogen-bond acceptors (Lipinski definition) is 4.